The van der Waals surface area contributed by atoms with Gasteiger partial charge in [0.25, 0.3) is 0 Å². The van der Waals surface area contributed by atoms with E-state index in [1.807, 2.05) is 62.4 Å². The van der Waals surface area contributed by atoms with Gasteiger partial charge in [0.2, 0.25) is 11.8 Å². The molecule has 2 rings (SSSR count). The number of amides is 2. The highest BCUT2D eigenvalue weighted by Crippen LogP contribution is 2.03. The average Bonchev–Trinajstić information content (AvgIpc) is 2.61. The van der Waals surface area contributed by atoms with Crippen molar-refractivity contribution in [3.63, 3.8) is 0 Å². The number of hydrogen-bond donors (Lipinski definition) is 2. The molecule has 2 amide bonds. The second kappa shape index (κ2) is 9.59. The van der Waals surface area contributed by atoms with E-state index in [1.165, 1.54) is 11.1 Å². The van der Waals surface area contributed by atoms with Crippen LogP contribution in [0.3, 0.4) is 0 Å². The Kier molecular flexibility index (Phi) is 7.16. The molecule has 0 saturated carbocycles. The maximum absolute atomic E-state index is 11.7. The van der Waals surface area contributed by atoms with Crippen LogP contribution < -0.4 is 10.6 Å². The Morgan fingerprint density at radius 2 is 1.08 bits per heavy atom. The molecule has 0 bridgehead atoms. The lowest BCUT2D eigenvalue weighted by Crippen LogP contribution is -2.31. The van der Waals surface area contributed by atoms with Crippen LogP contribution in [0.5, 0.6) is 0 Å². The van der Waals surface area contributed by atoms with E-state index in [4.69, 9.17) is 4.74 Å². The Bertz CT molecular complexity index is 632. The fourth-order valence-electron chi connectivity index (χ4n) is 2.15. The summed E-state index contributed by atoms with van der Waals surface area (Å²) in [5.74, 6) is -0.487. The standard InChI is InChI=1S/C20H24N2O3/c1-15-3-7-17(8-4-15)11-21-19(23)13-25-14-20(24)22-12-18-9-5-16(2)6-10-18/h3-10H,11-14H2,1-2H3,(H,21,23)(H,22,24). The van der Waals surface area contributed by atoms with Gasteiger partial charge in [-0.1, -0.05) is 59.7 Å². The normalized spacial score (nSPS) is 10.3. The Balaban J connectivity index is 1.59. The summed E-state index contributed by atoms with van der Waals surface area (Å²) in [5.41, 5.74) is 4.40. The predicted octanol–water partition coefficient (Wildman–Crippen LogP) is 2.25. The van der Waals surface area contributed by atoms with E-state index in [2.05, 4.69) is 10.6 Å². The molecule has 0 aliphatic rings. The predicted molar refractivity (Wildman–Crippen MR) is 96.9 cm³/mol. The molecule has 0 heterocycles. The molecule has 0 saturated heterocycles. The fraction of sp³-hybridized carbons (Fsp3) is 0.300. The van der Waals surface area contributed by atoms with Gasteiger partial charge in [0.05, 0.1) is 0 Å². The highest BCUT2D eigenvalue weighted by molar-refractivity contribution is 5.79. The average molecular weight is 340 g/mol. The lowest BCUT2D eigenvalue weighted by Gasteiger charge is -2.08. The SMILES string of the molecule is Cc1ccc(CNC(=O)COCC(=O)NCc2ccc(C)cc2)cc1. The van der Waals surface area contributed by atoms with E-state index < -0.39 is 0 Å². The van der Waals surface area contributed by atoms with Crippen LogP contribution in [-0.2, 0) is 27.4 Å². The molecule has 2 N–H and O–H groups in total. The quantitative estimate of drug-likeness (QED) is 0.774. The van der Waals surface area contributed by atoms with E-state index in [9.17, 15) is 9.59 Å². The number of ether oxygens (including phenoxy) is 1. The van der Waals surface area contributed by atoms with Gasteiger partial charge >= 0.3 is 0 Å². The zero-order valence-corrected chi connectivity index (χ0v) is 14.7. The van der Waals surface area contributed by atoms with Crippen molar-refractivity contribution in [3.05, 3.63) is 70.8 Å². The molecule has 0 radical (unpaired) electrons. The Hall–Kier alpha value is -2.66. The first-order valence-electron chi connectivity index (χ1n) is 8.25. The topological polar surface area (TPSA) is 67.4 Å². The highest BCUT2D eigenvalue weighted by atomic mass is 16.5. The molecule has 0 fully saturated rings. The summed E-state index contributed by atoms with van der Waals surface area (Å²) in [6.07, 6.45) is 0. The number of nitrogens with one attached hydrogen (secondary N) is 2. The summed E-state index contributed by atoms with van der Waals surface area (Å²) in [5, 5.41) is 5.52. The van der Waals surface area contributed by atoms with Crippen molar-refractivity contribution >= 4 is 11.8 Å². The largest absolute Gasteiger partial charge is 0.362 e. The second-order valence-corrected chi connectivity index (χ2v) is 6.02. The number of hydrogen-bond acceptors (Lipinski definition) is 3. The first kappa shape index (κ1) is 18.7. The van der Waals surface area contributed by atoms with Gasteiger partial charge in [0, 0.05) is 13.1 Å². The van der Waals surface area contributed by atoms with Crippen molar-refractivity contribution in [3.8, 4) is 0 Å². The molecule has 0 aliphatic heterocycles. The maximum Gasteiger partial charge on any atom is 0.246 e. The summed E-state index contributed by atoms with van der Waals surface area (Å²) in [6, 6.07) is 15.9. The smallest absolute Gasteiger partial charge is 0.246 e. The summed E-state index contributed by atoms with van der Waals surface area (Å²) < 4.78 is 5.15. The number of rotatable bonds is 8. The van der Waals surface area contributed by atoms with Gasteiger partial charge in [-0.2, -0.15) is 0 Å². The summed E-state index contributed by atoms with van der Waals surface area (Å²) in [6.45, 7) is 4.65. The first-order valence-corrected chi connectivity index (χ1v) is 8.25. The van der Waals surface area contributed by atoms with E-state index in [0.717, 1.165) is 11.1 Å². The zero-order valence-electron chi connectivity index (χ0n) is 14.7. The van der Waals surface area contributed by atoms with Gasteiger partial charge in [-0.05, 0) is 25.0 Å². The molecule has 0 aliphatic carbocycles. The molecule has 5 nitrogen and oxygen atoms in total. The van der Waals surface area contributed by atoms with Crippen LogP contribution in [0.15, 0.2) is 48.5 Å². The molecule has 132 valence electrons. The third kappa shape index (κ3) is 7.18. The Labute approximate surface area is 148 Å². The van der Waals surface area contributed by atoms with Crippen LogP contribution in [0.4, 0.5) is 0 Å². The van der Waals surface area contributed by atoms with Gasteiger partial charge < -0.3 is 15.4 Å². The zero-order chi connectivity index (χ0) is 18.1. The van der Waals surface area contributed by atoms with E-state index in [0.29, 0.717) is 13.1 Å². The van der Waals surface area contributed by atoms with Crippen molar-refractivity contribution in [1.82, 2.24) is 10.6 Å². The van der Waals surface area contributed by atoms with Crippen LogP contribution >= 0.6 is 0 Å². The number of carbonyl (C=O) groups excluding carboxylic acids is 2. The molecule has 0 atom stereocenters. The summed E-state index contributed by atoms with van der Waals surface area (Å²) >= 11 is 0. The third-order valence-corrected chi connectivity index (χ3v) is 3.69. The van der Waals surface area contributed by atoms with E-state index >= 15 is 0 Å². The molecule has 0 unspecified atom stereocenters. The van der Waals surface area contributed by atoms with Crippen LogP contribution in [0.25, 0.3) is 0 Å². The van der Waals surface area contributed by atoms with Gasteiger partial charge in [-0.15, -0.1) is 0 Å². The molecule has 5 heteroatoms. The molecular weight excluding hydrogens is 316 g/mol. The van der Waals surface area contributed by atoms with Crippen molar-refractivity contribution in [2.45, 2.75) is 26.9 Å². The minimum atomic E-state index is -0.244. The molecule has 2 aromatic rings. The molecular formula is C20H24N2O3. The van der Waals surface area contributed by atoms with Crippen molar-refractivity contribution in [2.24, 2.45) is 0 Å². The fourth-order valence-corrected chi connectivity index (χ4v) is 2.15. The van der Waals surface area contributed by atoms with Crippen molar-refractivity contribution in [1.29, 1.82) is 0 Å². The lowest BCUT2D eigenvalue weighted by atomic mass is 10.1. The minimum absolute atomic E-state index is 0.135. The summed E-state index contributed by atoms with van der Waals surface area (Å²) in [4.78, 5) is 23.4. The van der Waals surface area contributed by atoms with Gasteiger partial charge in [-0.25, -0.2) is 0 Å². The van der Waals surface area contributed by atoms with E-state index in [1.54, 1.807) is 0 Å². The van der Waals surface area contributed by atoms with Gasteiger partial charge in [0.15, 0.2) is 0 Å². The molecule has 0 aromatic heterocycles. The summed E-state index contributed by atoms with van der Waals surface area (Å²) in [7, 11) is 0. The maximum atomic E-state index is 11.7. The van der Waals surface area contributed by atoms with Crippen molar-refractivity contribution < 1.29 is 14.3 Å². The number of carbonyl (C=O) groups is 2. The first-order chi connectivity index (χ1) is 12.0. The van der Waals surface area contributed by atoms with Gasteiger partial charge in [0.1, 0.15) is 13.2 Å². The monoisotopic (exact) mass is 340 g/mol. The van der Waals surface area contributed by atoms with Gasteiger partial charge in [-0.3, -0.25) is 9.59 Å². The Morgan fingerprint density at radius 1 is 0.720 bits per heavy atom. The minimum Gasteiger partial charge on any atom is -0.362 e. The van der Waals surface area contributed by atoms with Crippen LogP contribution in [-0.4, -0.2) is 25.0 Å². The Morgan fingerprint density at radius 3 is 1.44 bits per heavy atom. The van der Waals surface area contributed by atoms with E-state index in [-0.39, 0.29) is 25.0 Å². The van der Waals surface area contributed by atoms with Crippen LogP contribution in [0.1, 0.15) is 22.3 Å². The van der Waals surface area contributed by atoms with Crippen LogP contribution in [0.2, 0.25) is 0 Å². The molecule has 2 aromatic carbocycles. The number of benzene rings is 2. The molecule has 0 spiro atoms. The number of aryl methyl sites for hydroxylation is 2. The second-order valence-electron chi connectivity index (χ2n) is 6.02. The van der Waals surface area contributed by atoms with Crippen LogP contribution in [0, 0.1) is 13.8 Å². The highest BCUT2D eigenvalue weighted by Gasteiger charge is 2.05. The third-order valence-electron chi connectivity index (χ3n) is 3.69. The molecule has 25 heavy (non-hydrogen) atoms. The van der Waals surface area contributed by atoms with Crippen molar-refractivity contribution in [2.75, 3.05) is 13.2 Å². The lowest BCUT2D eigenvalue weighted by molar-refractivity contribution is -0.131.